The SMILES string of the molecule is Cc1ccccc1C#CC1(O)CCCC1. The zero-order valence-corrected chi connectivity index (χ0v) is 9.09. The van der Waals surface area contributed by atoms with Crippen LogP contribution in [0, 0.1) is 18.8 Å². The average molecular weight is 200 g/mol. The number of hydrogen-bond donors (Lipinski definition) is 1. The largest absolute Gasteiger partial charge is 0.378 e. The van der Waals surface area contributed by atoms with E-state index in [0.717, 1.165) is 31.2 Å². The fraction of sp³-hybridized carbons (Fsp3) is 0.429. The molecule has 1 aromatic rings. The Morgan fingerprint density at radius 2 is 1.87 bits per heavy atom. The summed E-state index contributed by atoms with van der Waals surface area (Å²) >= 11 is 0. The van der Waals surface area contributed by atoms with Crippen molar-refractivity contribution in [2.45, 2.75) is 38.2 Å². The van der Waals surface area contributed by atoms with Crippen LogP contribution in [0.5, 0.6) is 0 Å². The first kappa shape index (κ1) is 10.3. The van der Waals surface area contributed by atoms with Gasteiger partial charge >= 0.3 is 0 Å². The lowest BCUT2D eigenvalue weighted by Crippen LogP contribution is -2.20. The fourth-order valence-corrected chi connectivity index (χ4v) is 1.98. The van der Waals surface area contributed by atoms with E-state index in [4.69, 9.17) is 0 Å². The van der Waals surface area contributed by atoms with E-state index in [1.165, 1.54) is 5.56 Å². The minimum Gasteiger partial charge on any atom is -0.378 e. The van der Waals surface area contributed by atoms with Crippen LogP contribution in [-0.4, -0.2) is 10.7 Å². The second-order valence-electron chi connectivity index (χ2n) is 4.30. The van der Waals surface area contributed by atoms with Crippen molar-refractivity contribution in [3.63, 3.8) is 0 Å². The van der Waals surface area contributed by atoms with Gasteiger partial charge in [0.05, 0.1) is 0 Å². The third-order valence-corrected chi connectivity index (χ3v) is 3.01. The van der Waals surface area contributed by atoms with Crippen LogP contribution in [-0.2, 0) is 0 Å². The Labute approximate surface area is 91.1 Å². The molecule has 2 rings (SSSR count). The first-order valence-electron chi connectivity index (χ1n) is 5.51. The Morgan fingerprint density at radius 3 is 2.53 bits per heavy atom. The normalized spacial score (nSPS) is 18.3. The first-order chi connectivity index (χ1) is 7.20. The van der Waals surface area contributed by atoms with Crippen molar-refractivity contribution in [1.82, 2.24) is 0 Å². The van der Waals surface area contributed by atoms with Gasteiger partial charge < -0.3 is 5.11 Å². The number of aliphatic hydroxyl groups is 1. The minimum absolute atomic E-state index is 0.720. The molecule has 1 heteroatoms. The predicted octanol–water partition coefficient (Wildman–Crippen LogP) is 2.65. The molecule has 0 aromatic heterocycles. The van der Waals surface area contributed by atoms with Crippen molar-refractivity contribution in [2.75, 3.05) is 0 Å². The van der Waals surface area contributed by atoms with Crippen LogP contribution < -0.4 is 0 Å². The van der Waals surface area contributed by atoms with Gasteiger partial charge in [0.2, 0.25) is 0 Å². The summed E-state index contributed by atoms with van der Waals surface area (Å²) in [6.07, 6.45) is 3.84. The highest BCUT2D eigenvalue weighted by Gasteiger charge is 2.28. The van der Waals surface area contributed by atoms with Gasteiger partial charge in [-0.15, -0.1) is 0 Å². The molecule has 0 atom stereocenters. The lowest BCUT2D eigenvalue weighted by molar-refractivity contribution is 0.110. The van der Waals surface area contributed by atoms with Crippen molar-refractivity contribution < 1.29 is 5.11 Å². The van der Waals surface area contributed by atoms with E-state index in [1.807, 2.05) is 31.2 Å². The van der Waals surface area contributed by atoms with Gasteiger partial charge in [-0.3, -0.25) is 0 Å². The Hall–Kier alpha value is -1.26. The third kappa shape index (κ3) is 2.40. The van der Waals surface area contributed by atoms with Gasteiger partial charge in [-0.1, -0.05) is 30.0 Å². The highest BCUT2D eigenvalue weighted by molar-refractivity contribution is 5.41. The maximum absolute atomic E-state index is 10.1. The summed E-state index contributed by atoms with van der Waals surface area (Å²) in [6.45, 7) is 2.04. The third-order valence-electron chi connectivity index (χ3n) is 3.01. The molecule has 1 aliphatic carbocycles. The highest BCUT2D eigenvalue weighted by atomic mass is 16.3. The summed E-state index contributed by atoms with van der Waals surface area (Å²) in [7, 11) is 0. The van der Waals surface area contributed by atoms with E-state index < -0.39 is 5.60 Å². The van der Waals surface area contributed by atoms with Gasteiger partial charge in [0.15, 0.2) is 0 Å². The van der Waals surface area contributed by atoms with Gasteiger partial charge in [0, 0.05) is 5.56 Å². The van der Waals surface area contributed by atoms with Crippen molar-refractivity contribution >= 4 is 0 Å². The van der Waals surface area contributed by atoms with Crippen molar-refractivity contribution in [1.29, 1.82) is 0 Å². The zero-order chi connectivity index (χ0) is 10.7. The summed E-state index contributed by atoms with van der Waals surface area (Å²) in [4.78, 5) is 0. The Kier molecular flexibility index (Phi) is 2.79. The molecule has 0 saturated heterocycles. The van der Waals surface area contributed by atoms with Crippen LogP contribution in [0.1, 0.15) is 36.8 Å². The highest BCUT2D eigenvalue weighted by Crippen LogP contribution is 2.28. The summed E-state index contributed by atoms with van der Waals surface area (Å²) in [5, 5.41) is 10.1. The smallest absolute Gasteiger partial charge is 0.125 e. The topological polar surface area (TPSA) is 20.2 Å². The van der Waals surface area contributed by atoms with E-state index in [1.54, 1.807) is 0 Å². The second-order valence-corrected chi connectivity index (χ2v) is 4.30. The summed E-state index contributed by atoms with van der Waals surface area (Å²) in [6, 6.07) is 8.03. The molecule has 0 amide bonds. The predicted molar refractivity (Wildman–Crippen MR) is 61.5 cm³/mol. The summed E-state index contributed by atoms with van der Waals surface area (Å²) < 4.78 is 0. The van der Waals surface area contributed by atoms with E-state index in [0.29, 0.717) is 0 Å². The van der Waals surface area contributed by atoms with E-state index in [2.05, 4.69) is 11.8 Å². The Morgan fingerprint density at radius 1 is 1.20 bits per heavy atom. The molecule has 0 bridgehead atoms. The molecule has 1 N–H and O–H groups in total. The van der Waals surface area contributed by atoms with Gasteiger partial charge in [0.1, 0.15) is 5.60 Å². The molecule has 0 radical (unpaired) electrons. The monoisotopic (exact) mass is 200 g/mol. The molecule has 0 unspecified atom stereocenters. The van der Waals surface area contributed by atoms with Crippen LogP contribution in [0.25, 0.3) is 0 Å². The quantitative estimate of drug-likeness (QED) is 0.638. The van der Waals surface area contributed by atoms with Gasteiger partial charge in [-0.25, -0.2) is 0 Å². The van der Waals surface area contributed by atoms with Crippen LogP contribution >= 0.6 is 0 Å². The number of rotatable bonds is 0. The molecule has 15 heavy (non-hydrogen) atoms. The molecular weight excluding hydrogens is 184 g/mol. The number of aryl methyl sites for hydroxylation is 1. The molecule has 78 valence electrons. The van der Waals surface area contributed by atoms with Crippen molar-refractivity contribution in [3.8, 4) is 11.8 Å². The zero-order valence-electron chi connectivity index (χ0n) is 9.09. The lowest BCUT2D eigenvalue weighted by atomic mass is 10.0. The first-order valence-corrected chi connectivity index (χ1v) is 5.51. The van der Waals surface area contributed by atoms with Crippen LogP contribution in [0.15, 0.2) is 24.3 Å². The maximum Gasteiger partial charge on any atom is 0.125 e. The van der Waals surface area contributed by atoms with Crippen molar-refractivity contribution in [2.24, 2.45) is 0 Å². The number of benzene rings is 1. The van der Waals surface area contributed by atoms with E-state index in [9.17, 15) is 5.11 Å². The molecule has 1 fully saturated rings. The van der Waals surface area contributed by atoms with Gasteiger partial charge in [0.25, 0.3) is 0 Å². The Balaban J connectivity index is 2.21. The van der Waals surface area contributed by atoms with Crippen LogP contribution in [0.2, 0.25) is 0 Å². The van der Waals surface area contributed by atoms with Crippen LogP contribution in [0.4, 0.5) is 0 Å². The van der Waals surface area contributed by atoms with Gasteiger partial charge in [-0.2, -0.15) is 0 Å². The maximum atomic E-state index is 10.1. The molecule has 1 saturated carbocycles. The minimum atomic E-state index is -0.720. The molecule has 1 aliphatic rings. The van der Waals surface area contributed by atoms with E-state index >= 15 is 0 Å². The average Bonchev–Trinajstić information content (AvgIpc) is 2.65. The fourth-order valence-electron chi connectivity index (χ4n) is 1.98. The molecule has 0 spiro atoms. The van der Waals surface area contributed by atoms with Crippen molar-refractivity contribution in [3.05, 3.63) is 35.4 Å². The van der Waals surface area contributed by atoms with Gasteiger partial charge in [-0.05, 0) is 44.2 Å². The van der Waals surface area contributed by atoms with Crippen LogP contribution in [0.3, 0.4) is 0 Å². The van der Waals surface area contributed by atoms with E-state index in [-0.39, 0.29) is 0 Å². The summed E-state index contributed by atoms with van der Waals surface area (Å²) in [5.74, 6) is 6.12. The molecule has 0 aliphatic heterocycles. The molecular formula is C14H16O. The lowest BCUT2D eigenvalue weighted by Gasteiger charge is -2.12. The second kappa shape index (κ2) is 4.08. The summed E-state index contributed by atoms with van der Waals surface area (Å²) in [5.41, 5.74) is 1.48. The number of hydrogen-bond acceptors (Lipinski definition) is 1. The molecule has 0 heterocycles. The Bertz CT molecular complexity index is 403. The molecule has 1 aromatic carbocycles. The standard InChI is InChI=1S/C14H16O/c1-12-6-2-3-7-13(12)8-11-14(15)9-4-5-10-14/h2-3,6-7,15H,4-5,9-10H2,1H3. The molecule has 1 nitrogen and oxygen atoms in total.